The maximum absolute atomic E-state index is 12.3. The minimum Gasteiger partial charge on any atom is -0.343 e. The number of amides is 2. The van der Waals surface area contributed by atoms with Crippen molar-refractivity contribution in [3.8, 4) is 0 Å². The number of anilines is 1. The van der Waals surface area contributed by atoms with Gasteiger partial charge in [-0.1, -0.05) is 24.6 Å². The molecular weight excluding hydrogens is 300 g/mol. The summed E-state index contributed by atoms with van der Waals surface area (Å²) in [6, 6.07) is 5.53. The van der Waals surface area contributed by atoms with Crippen LogP contribution in [0.4, 0.5) is 5.69 Å². The quantitative estimate of drug-likeness (QED) is 0.920. The number of hydrogen-bond donors (Lipinski definition) is 1. The van der Waals surface area contributed by atoms with E-state index in [0.29, 0.717) is 24.5 Å². The van der Waals surface area contributed by atoms with E-state index in [-0.39, 0.29) is 17.7 Å². The van der Waals surface area contributed by atoms with E-state index in [1.54, 1.807) is 6.07 Å². The lowest BCUT2D eigenvalue weighted by molar-refractivity contribution is -0.134. The Bertz CT molecular complexity index is 552. The molecular formula is C17H23ClN2O2. The fourth-order valence-electron chi connectivity index (χ4n) is 2.68. The molecule has 22 heavy (non-hydrogen) atoms. The van der Waals surface area contributed by atoms with Gasteiger partial charge >= 0.3 is 0 Å². The van der Waals surface area contributed by atoms with Crippen LogP contribution in [0.15, 0.2) is 18.2 Å². The van der Waals surface area contributed by atoms with Gasteiger partial charge in [-0.25, -0.2) is 0 Å². The van der Waals surface area contributed by atoms with E-state index in [0.717, 1.165) is 30.5 Å². The van der Waals surface area contributed by atoms with Gasteiger partial charge < -0.3 is 10.2 Å². The summed E-state index contributed by atoms with van der Waals surface area (Å²) in [4.78, 5) is 26.0. The van der Waals surface area contributed by atoms with Crippen molar-refractivity contribution in [1.29, 1.82) is 0 Å². The summed E-state index contributed by atoms with van der Waals surface area (Å²) < 4.78 is 0. The molecule has 1 aromatic carbocycles. The molecule has 1 aliphatic heterocycles. The molecule has 2 rings (SSSR count). The third-order valence-electron chi connectivity index (χ3n) is 4.12. The molecule has 1 aromatic rings. The number of hydrogen-bond acceptors (Lipinski definition) is 2. The highest BCUT2D eigenvalue weighted by molar-refractivity contribution is 6.31. The Kier molecular flexibility index (Phi) is 5.83. The van der Waals surface area contributed by atoms with Gasteiger partial charge in [-0.3, -0.25) is 9.59 Å². The highest BCUT2D eigenvalue weighted by atomic mass is 35.5. The number of nitrogens with zero attached hydrogens (tertiary/aromatic N) is 1. The predicted molar refractivity (Wildman–Crippen MR) is 89.0 cm³/mol. The molecule has 0 spiro atoms. The lowest BCUT2D eigenvalue weighted by atomic mass is 9.95. The van der Waals surface area contributed by atoms with Crippen LogP contribution < -0.4 is 5.32 Å². The number of aryl methyl sites for hydroxylation is 1. The Balaban J connectivity index is 1.87. The van der Waals surface area contributed by atoms with Gasteiger partial charge in [0.25, 0.3) is 0 Å². The van der Waals surface area contributed by atoms with Gasteiger partial charge in [0, 0.05) is 36.1 Å². The van der Waals surface area contributed by atoms with Crippen LogP contribution in [0.1, 0.15) is 38.2 Å². The largest absolute Gasteiger partial charge is 0.343 e. The summed E-state index contributed by atoms with van der Waals surface area (Å²) in [6.07, 6.45) is 2.91. The molecule has 0 saturated carbocycles. The number of carbonyl (C=O) groups excluding carboxylic acids is 2. The molecule has 1 aliphatic rings. The van der Waals surface area contributed by atoms with Crippen molar-refractivity contribution in [3.05, 3.63) is 28.8 Å². The number of benzene rings is 1. The van der Waals surface area contributed by atoms with E-state index >= 15 is 0 Å². The number of carbonyl (C=O) groups is 2. The zero-order valence-corrected chi connectivity index (χ0v) is 13.9. The van der Waals surface area contributed by atoms with Crippen molar-refractivity contribution < 1.29 is 9.59 Å². The van der Waals surface area contributed by atoms with Gasteiger partial charge in [0.2, 0.25) is 11.8 Å². The monoisotopic (exact) mass is 322 g/mol. The second-order valence-corrected chi connectivity index (χ2v) is 6.27. The Labute approximate surface area is 136 Å². The smallest absolute Gasteiger partial charge is 0.227 e. The van der Waals surface area contributed by atoms with E-state index in [2.05, 4.69) is 5.32 Å². The van der Waals surface area contributed by atoms with E-state index in [1.807, 2.05) is 30.9 Å². The number of nitrogens with one attached hydrogen (secondary N) is 1. The lowest BCUT2D eigenvalue weighted by Crippen LogP contribution is -2.41. The molecule has 0 atom stereocenters. The molecule has 0 bridgehead atoms. The molecule has 2 amide bonds. The first-order valence-electron chi connectivity index (χ1n) is 7.86. The summed E-state index contributed by atoms with van der Waals surface area (Å²) in [5.74, 6) is 0.180. The third-order valence-corrected chi connectivity index (χ3v) is 4.53. The Hall–Kier alpha value is -1.55. The van der Waals surface area contributed by atoms with Crippen LogP contribution in [0.3, 0.4) is 0 Å². The first kappa shape index (κ1) is 16.8. The molecule has 120 valence electrons. The van der Waals surface area contributed by atoms with E-state index in [1.165, 1.54) is 0 Å². The maximum atomic E-state index is 12.3. The molecule has 1 fully saturated rings. The number of rotatable bonds is 4. The van der Waals surface area contributed by atoms with Crippen molar-refractivity contribution in [1.82, 2.24) is 4.90 Å². The summed E-state index contributed by atoms with van der Waals surface area (Å²) >= 11 is 6.07. The van der Waals surface area contributed by atoms with Crippen LogP contribution in [-0.4, -0.2) is 29.8 Å². The zero-order valence-electron chi connectivity index (χ0n) is 13.2. The molecule has 0 aliphatic carbocycles. The average molecular weight is 323 g/mol. The normalized spacial score (nSPS) is 15.7. The van der Waals surface area contributed by atoms with Crippen molar-refractivity contribution in [2.24, 2.45) is 5.92 Å². The van der Waals surface area contributed by atoms with Crippen LogP contribution in [0.25, 0.3) is 0 Å². The van der Waals surface area contributed by atoms with E-state index in [9.17, 15) is 9.59 Å². The van der Waals surface area contributed by atoms with Gasteiger partial charge in [0.15, 0.2) is 0 Å². The third kappa shape index (κ3) is 4.23. The summed E-state index contributed by atoms with van der Waals surface area (Å²) in [5, 5.41) is 3.57. The van der Waals surface area contributed by atoms with Crippen molar-refractivity contribution in [3.63, 3.8) is 0 Å². The van der Waals surface area contributed by atoms with Crippen LogP contribution in [0.2, 0.25) is 5.02 Å². The van der Waals surface area contributed by atoms with Crippen LogP contribution in [0, 0.1) is 12.8 Å². The van der Waals surface area contributed by atoms with Gasteiger partial charge in [0.1, 0.15) is 0 Å². The summed E-state index contributed by atoms with van der Waals surface area (Å²) in [6.45, 7) is 5.28. The van der Waals surface area contributed by atoms with Crippen LogP contribution in [0.5, 0.6) is 0 Å². The second kappa shape index (κ2) is 7.63. The van der Waals surface area contributed by atoms with Crippen molar-refractivity contribution >= 4 is 29.1 Å². The van der Waals surface area contributed by atoms with Crippen LogP contribution >= 0.6 is 11.6 Å². The predicted octanol–water partition coefficient (Wildman–Crippen LogP) is 3.63. The zero-order chi connectivity index (χ0) is 16.1. The summed E-state index contributed by atoms with van der Waals surface area (Å²) in [5.41, 5.74) is 1.72. The molecule has 1 heterocycles. The lowest BCUT2D eigenvalue weighted by Gasteiger charge is -2.31. The van der Waals surface area contributed by atoms with Gasteiger partial charge in [-0.2, -0.15) is 0 Å². The fraction of sp³-hybridized carbons (Fsp3) is 0.529. The van der Waals surface area contributed by atoms with E-state index < -0.39 is 0 Å². The standard InChI is InChI=1S/C17H23ClN2O2/c1-3-4-16(21)20-9-7-13(8-10-20)17(22)19-14-6-5-12(2)15(18)11-14/h5-6,11,13H,3-4,7-10H2,1-2H3,(H,19,22). The highest BCUT2D eigenvalue weighted by Crippen LogP contribution is 2.23. The topological polar surface area (TPSA) is 49.4 Å². The van der Waals surface area contributed by atoms with Crippen molar-refractivity contribution in [2.45, 2.75) is 39.5 Å². The number of piperidine rings is 1. The van der Waals surface area contributed by atoms with Crippen LogP contribution in [-0.2, 0) is 9.59 Å². The summed E-state index contributed by atoms with van der Waals surface area (Å²) in [7, 11) is 0. The van der Waals surface area contributed by atoms with Crippen molar-refractivity contribution in [2.75, 3.05) is 18.4 Å². The van der Waals surface area contributed by atoms with E-state index in [4.69, 9.17) is 11.6 Å². The average Bonchev–Trinajstić information content (AvgIpc) is 2.51. The maximum Gasteiger partial charge on any atom is 0.227 e. The molecule has 1 saturated heterocycles. The first-order valence-corrected chi connectivity index (χ1v) is 8.24. The molecule has 1 N–H and O–H groups in total. The minimum absolute atomic E-state index is 0.0162. The highest BCUT2D eigenvalue weighted by Gasteiger charge is 2.26. The first-order chi connectivity index (χ1) is 10.5. The van der Waals surface area contributed by atoms with Gasteiger partial charge in [-0.15, -0.1) is 0 Å². The second-order valence-electron chi connectivity index (χ2n) is 5.86. The Morgan fingerprint density at radius 2 is 2.00 bits per heavy atom. The fourth-order valence-corrected chi connectivity index (χ4v) is 2.86. The Morgan fingerprint density at radius 1 is 1.32 bits per heavy atom. The number of halogens is 1. The molecule has 0 radical (unpaired) electrons. The Morgan fingerprint density at radius 3 is 2.59 bits per heavy atom. The number of likely N-dealkylation sites (tertiary alicyclic amines) is 1. The molecule has 5 heteroatoms. The minimum atomic E-state index is -0.0363. The van der Waals surface area contributed by atoms with Gasteiger partial charge in [-0.05, 0) is 43.9 Å². The van der Waals surface area contributed by atoms with Gasteiger partial charge in [0.05, 0.1) is 0 Å². The molecule has 4 nitrogen and oxygen atoms in total. The molecule has 0 aromatic heterocycles. The SMILES string of the molecule is CCCC(=O)N1CCC(C(=O)Nc2ccc(C)c(Cl)c2)CC1. The molecule has 0 unspecified atom stereocenters.